The first-order chi connectivity index (χ1) is 12.4. The van der Waals surface area contributed by atoms with Crippen LogP contribution in [0.3, 0.4) is 0 Å². The molecular weight excluding hydrogens is 336 g/mol. The number of carbonyl (C=O) groups is 1. The molecular formula is C18H19BFN3O3. The van der Waals surface area contributed by atoms with Gasteiger partial charge in [-0.2, -0.15) is 0 Å². The van der Waals surface area contributed by atoms with Gasteiger partial charge in [0.2, 0.25) is 5.91 Å². The minimum atomic E-state index is -1.34. The molecule has 8 heteroatoms. The summed E-state index contributed by atoms with van der Waals surface area (Å²) in [7, 11) is -0.997. The van der Waals surface area contributed by atoms with E-state index in [0.717, 1.165) is 35.0 Å². The van der Waals surface area contributed by atoms with E-state index in [1.165, 1.54) is 6.92 Å². The molecule has 3 aliphatic rings. The summed E-state index contributed by atoms with van der Waals surface area (Å²) in [6, 6.07) is 2.00. The second-order valence-corrected chi connectivity index (χ2v) is 7.78. The summed E-state index contributed by atoms with van der Waals surface area (Å²) in [5.74, 6) is 1.83. The van der Waals surface area contributed by atoms with Gasteiger partial charge in [-0.3, -0.25) is 4.79 Å². The lowest BCUT2D eigenvalue weighted by molar-refractivity contribution is -0.124. The number of hydrogen-bond donors (Lipinski definition) is 3. The first-order valence-corrected chi connectivity index (χ1v) is 8.94. The second kappa shape index (κ2) is 5.33. The molecule has 0 radical (unpaired) electrons. The van der Waals surface area contributed by atoms with Crippen molar-refractivity contribution in [2.75, 3.05) is 0 Å². The summed E-state index contributed by atoms with van der Waals surface area (Å²) in [6.45, 7) is 1.47. The first kappa shape index (κ1) is 15.9. The molecule has 2 fully saturated rings. The van der Waals surface area contributed by atoms with E-state index in [1.54, 1.807) is 12.2 Å². The zero-order valence-corrected chi connectivity index (χ0v) is 14.3. The number of pyridine rings is 1. The third-order valence-electron chi connectivity index (χ3n) is 5.82. The Balaban J connectivity index is 1.34. The molecule has 1 amide bonds. The number of carbonyl (C=O) groups excluding carboxylic acids is 1. The Morgan fingerprint density at radius 1 is 1.54 bits per heavy atom. The smallest absolute Gasteiger partial charge is 0.531 e. The van der Waals surface area contributed by atoms with Crippen molar-refractivity contribution in [2.45, 2.75) is 37.9 Å². The largest absolute Gasteiger partial charge is 0.552 e. The molecule has 0 bridgehead atoms. The molecule has 26 heavy (non-hydrogen) atoms. The van der Waals surface area contributed by atoms with E-state index in [2.05, 4.69) is 15.3 Å². The quantitative estimate of drug-likeness (QED) is 0.735. The molecule has 3 heterocycles. The molecule has 1 aliphatic heterocycles. The molecule has 2 aromatic rings. The molecule has 0 aromatic carbocycles. The van der Waals surface area contributed by atoms with Crippen molar-refractivity contribution in [3.8, 4) is 5.75 Å². The van der Waals surface area contributed by atoms with Crippen LogP contribution in [0.5, 0.6) is 5.75 Å². The van der Waals surface area contributed by atoms with Crippen molar-refractivity contribution in [1.82, 2.24) is 15.3 Å². The van der Waals surface area contributed by atoms with Gasteiger partial charge in [-0.05, 0) is 49.7 Å². The van der Waals surface area contributed by atoms with Crippen LogP contribution in [0.2, 0.25) is 0 Å². The van der Waals surface area contributed by atoms with Crippen LogP contribution in [0.1, 0.15) is 31.7 Å². The molecule has 3 N–H and O–H groups in total. The van der Waals surface area contributed by atoms with Gasteiger partial charge >= 0.3 is 7.12 Å². The molecule has 5 rings (SSSR count). The maximum Gasteiger partial charge on any atom is 0.552 e. The Kier molecular flexibility index (Phi) is 3.25. The number of H-pyrrole nitrogens is 1. The lowest BCUT2D eigenvalue weighted by Crippen LogP contribution is -2.46. The van der Waals surface area contributed by atoms with E-state index in [0.29, 0.717) is 12.2 Å². The second-order valence-electron chi connectivity index (χ2n) is 7.78. The third-order valence-corrected chi connectivity index (χ3v) is 5.82. The Morgan fingerprint density at radius 3 is 3.04 bits per heavy atom. The van der Waals surface area contributed by atoms with Crippen LogP contribution < -0.4 is 9.97 Å². The van der Waals surface area contributed by atoms with Gasteiger partial charge in [0.15, 0.2) is 0 Å². The Morgan fingerprint density at radius 2 is 2.31 bits per heavy atom. The van der Waals surface area contributed by atoms with E-state index >= 15 is 0 Å². The van der Waals surface area contributed by atoms with Crippen molar-refractivity contribution in [1.29, 1.82) is 0 Å². The monoisotopic (exact) mass is 355 g/mol. The van der Waals surface area contributed by atoms with Crippen LogP contribution in [0, 0.1) is 11.8 Å². The third kappa shape index (κ3) is 2.43. The predicted octanol–water partition coefficient (Wildman–Crippen LogP) is 2.00. The van der Waals surface area contributed by atoms with Gasteiger partial charge in [0.1, 0.15) is 17.1 Å². The fraction of sp³-hybridized carbons (Fsp3) is 0.444. The number of nitrogens with zero attached hydrogens (tertiary/aromatic N) is 1. The number of fused-ring (bicyclic) bond motifs is 3. The molecule has 2 unspecified atom stereocenters. The van der Waals surface area contributed by atoms with Gasteiger partial charge in [-0.1, -0.05) is 0 Å². The van der Waals surface area contributed by atoms with E-state index in [-0.39, 0.29) is 17.9 Å². The Labute approximate surface area is 150 Å². The van der Waals surface area contributed by atoms with Crippen LogP contribution in [0.4, 0.5) is 4.39 Å². The molecule has 2 aromatic heterocycles. The van der Waals surface area contributed by atoms with Crippen LogP contribution in [-0.4, -0.2) is 39.7 Å². The summed E-state index contributed by atoms with van der Waals surface area (Å²) in [5.41, 5.74) is 1.41. The minimum Gasteiger partial charge on any atom is -0.531 e. The number of aromatic amines is 1. The molecule has 0 spiro atoms. The number of halogens is 1. The molecule has 6 nitrogen and oxygen atoms in total. The zero-order chi connectivity index (χ0) is 18.1. The Bertz CT molecular complexity index is 935. The van der Waals surface area contributed by atoms with Crippen molar-refractivity contribution < 1.29 is 18.9 Å². The summed E-state index contributed by atoms with van der Waals surface area (Å²) >= 11 is 0. The van der Waals surface area contributed by atoms with Crippen LogP contribution in [-0.2, 0) is 4.79 Å². The topological polar surface area (TPSA) is 87.2 Å². The molecule has 134 valence electrons. The highest BCUT2D eigenvalue weighted by atomic mass is 19.1. The summed E-state index contributed by atoms with van der Waals surface area (Å²) in [4.78, 5) is 19.5. The fourth-order valence-electron chi connectivity index (χ4n) is 4.12. The van der Waals surface area contributed by atoms with Crippen molar-refractivity contribution in [3.05, 3.63) is 30.0 Å². The van der Waals surface area contributed by atoms with Gasteiger partial charge in [0.05, 0.1) is 12.1 Å². The van der Waals surface area contributed by atoms with Crippen LogP contribution in [0.15, 0.2) is 24.4 Å². The number of alkyl halides is 1. The maximum absolute atomic E-state index is 13.7. The Hall–Kier alpha value is -2.35. The van der Waals surface area contributed by atoms with Crippen molar-refractivity contribution >= 4 is 29.6 Å². The lowest BCUT2D eigenvalue weighted by atomic mass is 9.68. The number of hydrogen-bond acceptors (Lipinski definition) is 4. The van der Waals surface area contributed by atoms with E-state index in [1.807, 2.05) is 12.3 Å². The van der Waals surface area contributed by atoms with E-state index < -0.39 is 18.7 Å². The van der Waals surface area contributed by atoms with E-state index in [9.17, 15) is 14.2 Å². The highest BCUT2D eigenvalue weighted by molar-refractivity contribution is 6.52. The zero-order valence-electron chi connectivity index (χ0n) is 14.3. The first-order valence-electron chi connectivity index (χ1n) is 8.94. The van der Waals surface area contributed by atoms with Gasteiger partial charge in [0.25, 0.3) is 0 Å². The van der Waals surface area contributed by atoms with Gasteiger partial charge in [-0.15, -0.1) is 0 Å². The summed E-state index contributed by atoms with van der Waals surface area (Å²) < 4.78 is 19.2. The average molecular weight is 355 g/mol. The average Bonchev–Trinajstić information content (AvgIpc) is 2.98. The van der Waals surface area contributed by atoms with Gasteiger partial charge < -0.3 is 20.0 Å². The maximum atomic E-state index is 13.7. The molecule has 0 saturated heterocycles. The minimum absolute atomic E-state index is 0.0526. The number of rotatable bonds is 3. The predicted molar refractivity (Wildman–Crippen MR) is 94.9 cm³/mol. The van der Waals surface area contributed by atoms with Crippen LogP contribution in [0.25, 0.3) is 16.6 Å². The summed E-state index contributed by atoms with van der Waals surface area (Å²) in [5, 5.41) is 13.9. The van der Waals surface area contributed by atoms with E-state index in [4.69, 9.17) is 4.65 Å². The van der Waals surface area contributed by atoms with Crippen molar-refractivity contribution in [3.63, 3.8) is 0 Å². The SMILES string of the molecule is CC1(F)CC1C(=O)NC1CC(C2=CB(O)Oc3cnc4[nH]ccc4c32)C1. The van der Waals surface area contributed by atoms with Gasteiger partial charge in [-0.25, -0.2) is 9.37 Å². The highest BCUT2D eigenvalue weighted by Gasteiger charge is 2.56. The molecule has 2 saturated carbocycles. The fourth-order valence-corrected chi connectivity index (χ4v) is 4.12. The molecule has 2 aliphatic carbocycles. The molecule has 2 atom stereocenters. The highest BCUT2D eigenvalue weighted by Crippen LogP contribution is 2.48. The summed E-state index contributed by atoms with van der Waals surface area (Å²) in [6.07, 6.45) is 5.31. The normalized spacial score (nSPS) is 32.3. The standard InChI is InChI=1S/C18H19BFN3O3/c1-18(20)6-13(18)17(24)23-10-4-9(5-10)12-7-19(25)26-14-8-22-16-11(15(12)14)2-3-21-16/h2-3,7-10,13,25H,4-6H2,1H3,(H,21,22)(H,23,24). The van der Waals surface area contributed by atoms with Crippen molar-refractivity contribution in [2.24, 2.45) is 11.8 Å². The number of nitrogens with one attached hydrogen (secondary N) is 2. The number of allylic oxidation sites excluding steroid dienone is 1. The number of amides is 1. The lowest BCUT2D eigenvalue weighted by Gasteiger charge is -2.39. The number of aromatic nitrogens is 2. The van der Waals surface area contributed by atoms with Gasteiger partial charge in [0, 0.05) is 23.2 Å². The van der Waals surface area contributed by atoms with Crippen LogP contribution >= 0.6 is 0 Å².